The fourth-order valence-electron chi connectivity index (χ4n) is 0.970. The van der Waals surface area contributed by atoms with Gasteiger partial charge in [-0.05, 0) is 7.05 Å². The zero-order valence-corrected chi connectivity index (χ0v) is 8.17. The molecule has 0 aliphatic carbocycles. The first-order valence-corrected chi connectivity index (χ1v) is 4.62. The molecule has 0 bridgehead atoms. The van der Waals surface area contributed by atoms with Crippen LogP contribution in [0.1, 0.15) is 15.6 Å². The van der Waals surface area contributed by atoms with Gasteiger partial charge in [-0.15, -0.1) is 11.3 Å². The Morgan fingerprint density at radius 2 is 2.14 bits per heavy atom. The van der Waals surface area contributed by atoms with Gasteiger partial charge in [-0.25, -0.2) is 4.98 Å². The molecule has 1 aromatic heterocycles. The topological polar surface area (TPSA) is 45.1 Å². The van der Waals surface area contributed by atoms with Gasteiger partial charge in [0.2, 0.25) is 0 Å². The van der Waals surface area contributed by atoms with Crippen LogP contribution in [0.4, 0.5) is 13.2 Å². The molecule has 2 N–H and O–H groups in total. The third kappa shape index (κ3) is 2.43. The van der Waals surface area contributed by atoms with E-state index in [9.17, 15) is 13.2 Å². The molecule has 0 unspecified atom stereocenters. The second-order valence-corrected chi connectivity index (χ2v) is 3.73. The molecule has 0 aromatic carbocycles. The molecule has 0 spiro atoms. The zero-order valence-electron chi connectivity index (χ0n) is 7.35. The highest BCUT2D eigenvalue weighted by molar-refractivity contribution is 7.11. The fraction of sp³-hybridized carbons (Fsp3) is 0.571. The molecule has 0 atom stereocenters. The van der Waals surface area contributed by atoms with Gasteiger partial charge >= 0.3 is 6.18 Å². The summed E-state index contributed by atoms with van der Waals surface area (Å²) in [5.74, 6) is 0. The summed E-state index contributed by atoms with van der Waals surface area (Å²) in [6, 6.07) is 0. The SMILES string of the molecule is CNCc1sc(CO)nc1C(F)(F)F. The Bertz CT molecular complexity index is 310. The molecule has 1 aromatic rings. The minimum Gasteiger partial charge on any atom is -0.389 e. The number of nitrogens with one attached hydrogen (secondary N) is 1. The molecule has 3 nitrogen and oxygen atoms in total. The van der Waals surface area contributed by atoms with E-state index in [4.69, 9.17) is 5.11 Å². The van der Waals surface area contributed by atoms with Gasteiger partial charge in [-0.1, -0.05) is 0 Å². The average molecular weight is 226 g/mol. The average Bonchev–Trinajstić information content (AvgIpc) is 2.48. The summed E-state index contributed by atoms with van der Waals surface area (Å²) < 4.78 is 37.1. The van der Waals surface area contributed by atoms with Gasteiger partial charge in [0.05, 0.1) is 11.5 Å². The van der Waals surface area contributed by atoms with Crippen LogP contribution in [-0.2, 0) is 19.3 Å². The lowest BCUT2D eigenvalue weighted by molar-refractivity contribution is -0.141. The van der Waals surface area contributed by atoms with Crippen LogP contribution in [0.5, 0.6) is 0 Å². The Balaban J connectivity index is 3.06. The Morgan fingerprint density at radius 1 is 1.50 bits per heavy atom. The van der Waals surface area contributed by atoms with Crippen LogP contribution in [0.15, 0.2) is 0 Å². The first kappa shape index (κ1) is 11.4. The molecular weight excluding hydrogens is 217 g/mol. The first-order valence-electron chi connectivity index (χ1n) is 3.80. The van der Waals surface area contributed by atoms with Crippen molar-refractivity contribution >= 4 is 11.3 Å². The number of thiazole rings is 1. The lowest BCUT2D eigenvalue weighted by Gasteiger charge is -2.04. The number of alkyl halides is 3. The van der Waals surface area contributed by atoms with Crippen molar-refractivity contribution in [2.45, 2.75) is 19.3 Å². The Labute approximate surface area is 82.6 Å². The van der Waals surface area contributed by atoms with Crippen molar-refractivity contribution in [2.75, 3.05) is 7.05 Å². The molecule has 0 aliphatic rings. The molecule has 7 heteroatoms. The second-order valence-electron chi connectivity index (χ2n) is 2.57. The van der Waals surface area contributed by atoms with Gasteiger partial charge in [-0.2, -0.15) is 13.2 Å². The van der Waals surface area contributed by atoms with Crippen molar-refractivity contribution < 1.29 is 18.3 Å². The van der Waals surface area contributed by atoms with Gasteiger partial charge in [-0.3, -0.25) is 0 Å². The predicted molar refractivity (Wildman–Crippen MR) is 45.8 cm³/mol. The van der Waals surface area contributed by atoms with Crippen LogP contribution >= 0.6 is 11.3 Å². The van der Waals surface area contributed by atoms with E-state index in [1.54, 1.807) is 7.05 Å². The van der Waals surface area contributed by atoms with E-state index >= 15 is 0 Å². The molecule has 14 heavy (non-hydrogen) atoms. The van der Waals surface area contributed by atoms with E-state index < -0.39 is 18.5 Å². The lowest BCUT2D eigenvalue weighted by Crippen LogP contribution is -2.12. The highest BCUT2D eigenvalue weighted by Crippen LogP contribution is 2.34. The third-order valence-corrected chi connectivity index (χ3v) is 2.52. The number of nitrogens with zero attached hydrogens (tertiary/aromatic N) is 1. The van der Waals surface area contributed by atoms with Gasteiger partial charge in [0.25, 0.3) is 0 Å². The van der Waals surface area contributed by atoms with Gasteiger partial charge in [0.15, 0.2) is 5.69 Å². The number of halogens is 3. The minimum atomic E-state index is -4.45. The van der Waals surface area contributed by atoms with Crippen molar-refractivity contribution in [3.05, 3.63) is 15.6 Å². The third-order valence-electron chi connectivity index (χ3n) is 1.48. The number of aromatic nitrogens is 1. The van der Waals surface area contributed by atoms with Gasteiger partial charge in [0, 0.05) is 6.54 Å². The van der Waals surface area contributed by atoms with Crippen LogP contribution in [0.2, 0.25) is 0 Å². The number of aliphatic hydroxyl groups is 1. The summed E-state index contributed by atoms with van der Waals surface area (Å²) in [6.07, 6.45) is -4.45. The Morgan fingerprint density at radius 3 is 2.57 bits per heavy atom. The maximum absolute atomic E-state index is 12.4. The highest BCUT2D eigenvalue weighted by Gasteiger charge is 2.36. The lowest BCUT2D eigenvalue weighted by atomic mass is 10.3. The van der Waals surface area contributed by atoms with E-state index in [-0.39, 0.29) is 16.4 Å². The molecule has 0 saturated carbocycles. The van der Waals surface area contributed by atoms with Crippen molar-refractivity contribution in [3.8, 4) is 0 Å². The molecule has 0 saturated heterocycles. The Kier molecular flexibility index (Phi) is 3.46. The summed E-state index contributed by atoms with van der Waals surface area (Å²) in [4.78, 5) is 3.42. The maximum atomic E-state index is 12.4. The number of hydrogen-bond acceptors (Lipinski definition) is 4. The molecule has 80 valence electrons. The number of rotatable bonds is 3. The van der Waals surface area contributed by atoms with E-state index in [1.807, 2.05) is 0 Å². The number of aliphatic hydroxyl groups excluding tert-OH is 1. The van der Waals surface area contributed by atoms with E-state index in [0.717, 1.165) is 11.3 Å². The van der Waals surface area contributed by atoms with Crippen LogP contribution in [0.25, 0.3) is 0 Å². The van der Waals surface area contributed by atoms with Crippen LogP contribution in [0, 0.1) is 0 Å². The summed E-state index contributed by atoms with van der Waals surface area (Å²) in [7, 11) is 1.55. The normalized spacial score (nSPS) is 12.1. The van der Waals surface area contributed by atoms with Crippen LogP contribution in [-0.4, -0.2) is 17.1 Å². The number of hydrogen-bond donors (Lipinski definition) is 2. The summed E-state index contributed by atoms with van der Waals surface area (Å²) in [6.45, 7) is -0.357. The molecule has 1 heterocycles. The summed E-state index contributed by atoms with van der Waals surface area (Å²) in [5, 5.41) is 11.4. The van der Waals surface area contributed by atoms with E-state index in [2.05, 4.69) is 10.3 Å². The maximum Gasteiger partial charge on any atom is 0.434 e. The van der Waals surface area contributed by atoms with Crippen LogP contribution in [0.3, 0.4) is 0 Å². The van der Waals surface area contributed by atoms with Gasteiger partial charge in [0.1, 0.15) is 5.01 Å². The Hall–Kier alpha value is -0.660. The highest BCUT2D eigenvalue weighted by atomic mass is 32.1. The predicted octanol–water partition coefficient (Wildman–Crippen LogP) is 1.37. The molecular formula is C7H9F3N2OS. The first-order chi connectivity index (χ1) is 6.49. The van der Waals surface area contributed by atoms with Crippen LogP contribution < -0.4 is 5.32 Å². The van der Waals surface area contributed by atoms with Gasteiger partial charge < -0.3 is 10.4 Å². The van der Waals surface area contributed by atoms with E-state index in [1.165, 1.54) is 0 Å². The molecule has 1 rings (SSSR count). The standard InChI is InChI=1S/C7H9F3N2OS/c1-11-2-4-6(7(8,9)10)12-5(3-13)14-4/h11,13H,2-3H2,1H3. The van der Waals surface area contributed by atoms with E-state index in [0.29, 0.717) is 0 Å². The van der Waals surface area contributed by atoms with Crippen molar-refractivity contribution in [1.29, 1.82) is 0 Å². The monoisotopic (exact) mass is 226 g/mol. The second kappa shape index (κ2) is 4.24. The molecule has 0 aliphatic heterocycles. The largest absolute Gasteiger partial charge is 0.434 e. The smallest absolute Gasteiger partial charge is 0.389 e. The van der Waals surface area contributed by atoms with Crippen molar-refractivity contribution in [1.82, 2.24) is 10.3 Å². The summed E-state index contributed by atoms with van der Waals surface area (Å²) in [5.41, 5.74) is -0.902. The zero-order chi connectivity index (χ0) is 10.8. The molecule has 0 amide bonds. The minimum absolute atomic E-state index is 0.0857. The molecule has 0 radical (unpaired) electrons. The fourth-order valence-corrected chi connectivity index (χ4v) is 1.93. The molecule has 0 fully saturated rings. The van der Waals surface area contributed by atoms with Crippen molar-refractivity contribution in [2.24, 2.45) is 0 Å². The summed E-state index contributed by atoms with van der Waals surface area (Å²) >= 11 is 0.867. The quantitative estimate of drug-likeness (QED) is 0.818. The van der Waals surface area contributed by atoms with Crippen molar-refractivity contribution in [3.63, 3.8) is 0 Å².